The highest BCUT2D eigenvalue weighted by Gasteiger charge is 2.27. The molecular formula is C19H25N3O3. The summed E-state index contributed by atoms with van der Waals surface area (Å²) < 4.78 is 13.4. The molecule has 0 spiro atoms. The Morgan fingerprint density at radius 3 is 2.92 bits per heavy atom. The van der Waals surface area contributed by atoms with Crippen LogP contribution < -0.4 is 0 Å². The van der Waals surface area contributed by atoms with E-state index in [1.165, 1.54) is 5.56 Å². The molecule has 0 unspecified atom stereocenters. The van der Waals surface area contributed by atoms with Crippen molar-refractivity contribution in [1.82, 2.24) is 14.5 Å². The van der Waals surface area contributed by atoms with Crippen molar-refractivity contribution in [3.8, 4) is 5.69 Å². The van der Waals surface area contributed by atoms with Crippen molar-refractivity contribution in [2.45, 2.75) is 38.9 Å². The maximum Gasteiger partial charge on any atom is 0.410 e. The van der Waals surface area contributed by atoms with E-state index in [0.717, 1.165) is 17.7 Å². The van der Waals surface area contributed by atoms with Crippen LogP contribution in [0, 0.1) is 0 Å². The molecule has 1 amide bonds. The van der Waals surface area contributed by atoms with Crippen LogP contribution in [0.4, 0.5) is 4.79 Å². The normalized spacial score (nSPS) is 17.0. The maximum atomic E-state index is 12.2. The minimum Gasteiger partial charge on any atom is -0.444 e. The molecule has 0 fully saturated rings. The molecular weight excluding hydrogens is 318 g/mol. The number of nitrogens with zero attached hydrogens (tertiary/aromatic N) is 3. The highest BCUT2D eigenvalue weighted by molar-refractivity contribution is 5.67. The van der Waals surface area contributed by atoms with E-state index in [0.29, 0.717) is 13.2 Å². The van der Waals surface area contributed by atoms with E-state index in [9.17, 15) is 4.79 Å². The van der Waals surface area contributed by atoms with Crippen molar-refractivity contribution in [2.75, 3.05) is 20.2 Å². The lowest BCUT2D eigenvalue weighted by atomic mass is 9.95. The smallest absolute Gasteiger partial charge is 0.410 e. The molecule has 0 saturated heterocycles. The Morgan fingerprint density at radius 2 is 2.24 bits per heavy atom. The number of fused-ring (bicyclic) bond motifs is 1. The second-order valence-corrected chi connectivity index (χ2v) is 7.29. The van der Waals surface area contributed by atoms with Gasteiger partial charge in [-0.3, -0.25) is 0 Å². The van der Waals surface area contributed by atoms with Crippen molar-refractivity contribution >= 4 is 6.09 Å². The molecule has 6 nitrogen and oxygen atoms in total. The number of likely N-dealkylation sites (N-methyl/N-ethyl adjacent to an activating group) is 1. The van der Waals surface area contributed by atoms with Gasteiger partial charge in [-0.05, 0) is 44.4 Å². The molecule has 0 radical (unpaired) electrons. The Bertz CT molecular complexity index is 735. The van der Waals surface area contributed by atoms with E-state index < -0.39 is 5.60 Å². The largest absolute Gasteiger partial charge is 0.444 e. The van der Waals surface area contributed by atoms with E-state index in [4.69, 9.17) is 9.47 Å². The van der Waals surface area contributed by atoms with E-state index in [1.54, 1.807) is 24.5 Å². The average Bonchev–Trinajstić information content (AvgIpc) is 3.07. The zero-order chi connectivity index (χ0) is 18.0. The first kappa shape index (κ1) is 17.5. The molecule has 0 bridgehead atoms. The Morgan fingerprint density at radius 1 is 1.44 bits per heavy atom. The first-order valence-electron chi connectivity index (χ1n) is 8.51. The number of carbonyl (C=O) groups is 1. The van der Waals surface area contributed by atoms with Gasteiger partial charge in [0.1, 0.15) is 11.7 Å². The lowest BCUT2D eigenvalue weighted by Gasteiger charge is -2.31. The van der Waals surface area contributed by atoms with Crippen LogP contribution in [-0.2, 0) is 15.9 Å². The molecule has 1 aliphatic rings. The van der Waals surface area contributed by atoms with Gasteiger partial charge in [0.15, 0.2) is 0 Å². The zero-order valence-electron chi connectivity index (χ0n) is 15.2. The highest BCUT2D eigenvalue weighted by Crippen LogP contribution is 2.31. The maximum absolute atomic E-state index is 12.2. The van der Waals surface area contributed by atoms with Gasteiger partial charge in [-0.2, -0.15) is 0 Å². The zero-order valence-corrected chi connectivity index (χ0v) is 15.2. The van der Waals surface area contributed by atoms with Gasteiger partial charge in [-0.25, -0.2) is 9.78 Å². The monoisotopic (exact) mass is 343 g/mol. The van der Waals surface area contributed by atoms with Crippen LogP contribution in [0.3, 0.4) is 0 Å². The summed E-state index contributed by atoms with van der Waals surface area (Å²) in [6.45, 7) is 6.68. The third-order valence-corrected chi connectivity index (χ3v) is 4.13. The first-order chi connectivity index (χ1) is 11.8. The van der Waals surface area contributed by atoms with Gasteiger partial charge in [0.05, 0.1) is 25.2 Å². The Balaban J connectivity index is 1.80. The highest BCUT2D eigenvalue weighted by atomic mass is 16.6. The molecule has 0 N–H and O–H groups in total. The molecule has 1 atom stereocenters. The number of ether oxygens (including phenoxy) is 2. The second kappa shape index (κ2) is 6.88. The molecule has 1 aliphatic heterocycles. The molecule has 6 heteroatoms. The molecule has 2 heterocycles. The molecule has 1 aromatic heterocycles. The quantitative estimate of drug-likeness (QED) is 0.857. The molecule has 134 valence electrons. The minimum absolute atomic E-state index is 0.162. The van der Waals surface area contributed by atoms with Crippen LogP contribution in [0.2, 0.25) is 0 Å². The van der Waals surface area contributed by atoms with E-state index >= 15 is 0 Å². The summed E-state index contributed by atoms with van der Waals surface area (Å²) in [5, 5.41) is 0. The lowest BCUT2D eigenvalue weighted by molar-refractivity contribution is -0.00164. The van der Waals surface area contributed by atoms with Crippen LogP contribution in [0.1, 0.15) is 38.0 Å². The standard InChI is InChI=1S/C19H25N3O3/c1-19(2,3)25-18(23)21(4)12-17-15-6-5-7-16(14(15)8-11-24-17)22-10-9-20-13-22/h5-7,9-10,13,17H,8,11-12H2,1-4H3/t17-/m0/s1. The predicted molar refractivity (Wildman–Crippen MR) is 94.8 cm³/mol. The van der Waals surface area contributed by atoms with Crippen molar-refractivity contribution in [3.63, 3.8) is 0 Å². The fraction of sp³-hybridized carbons (Fsp3) is 0.474. The molecule has 2 aromatic rings. The summed E-state index contributed by atoms with van der Waals surface area (Å²) in [6.07, 6.45) is 5.85. The van der Waals surface area contributed by atoms with Gasteiger partial charge in [0.2, 0.25) is 0 Å². The topological polar surface area (TPSA) is 56.6 Å². The molecule has 3 rings (SSSR count). The summed E-state index contributed by atoms with van der Waals surface area (Å²) in [5.41, 5.74) is 2.97. The lowest BCUT2D eigenvalue weighted by Crippen LogP contribution is -2.38. The van der Waals surface area contributed by atoms with E-state index in [2.05, 4.69) is 17.1 Å². The fourth-order valence-electron chi connectivity index (χ4n) is 3.02. The van der Waals surface area contributed by atoms with Gasteiger partial charge in [0.25, 0.3) is 0 Å². The van der Waals surface area contributed by atoms with Crippen molar-refractivity contribution in [1.29, 1.82) is 0 Å². The number of hydrogen-bond acceptors (Lipinski definition) is 4. The summed E-state index contributed by atoms with van der Waals surface area (Å²) in [5.74, 6) is 0. The average molecular weight is 343 g/mol. The number of carbonyl (C=O) groups excluding carboxylic acids is 1. The Kier molecular flexibility index (Phi) is 4.81. The first-order valence-corrected chi connectivity index (χ1v) is 8.51. The Labute approximate surface area is 148 Å². The minimum atomic E-state index is -0.509. The van der Waals surface area contributed by atoms with Crippen LogP contribution in [0.15, 0.2) is 36.9 Å². The number of amides is 1. The van der Waals surface area contributed by atoms with E-state index in [-0.39, 0.29) is 12.2 Å². The summed E-state index contributed by atoms with van der Waals surface area (Å²) in [6, 6.07) is 6.17. The van der Waals surface area contributed by atoms with Crippen LogP contribution >= 0.6 is 0 Å². The molecule has 1 aromatic carbocycles. The van der Waals surface area contributed by atoms with Gasteiger partial charge in [-0.15, -0.1) is 0 Å². The van der Waals surface area contributed by atoms with Gasteiger partial charge < -0.3 is 18.9 Å². The predicted octanol–water partition coefficient (Wildman–Crippen LogP) is 3.35. The van der Waals surface area contributed by atoms with Crippen LogP contribution in [0.5, 0.6) is 0 Å². The van der Waals surface area contributed by atoms with Gasteiger partial charge in [0, 0.05) is 19.4 Å². The molecule has 25 heavy (non-hydrogen) atoms. The third-order valence-electron chi connectivity index (χ3n) is 4.13. The van der Waals surface area contributed by atoms with Gasteiger partial charge in [-0.1, -0.05) is 12.1 Å². The third kappa shape index (κ3) is 4.02. The molecule has 0 aliphatic carbocycles. The summed E-state index contributed by atoms with van der Waals surface area (Å²) in [4.78, 5) is 17.9. The van der Waals surface area contributed by atoms with Crippen molar-refractivity contribution < 1.29 is 14.3 Å². The second-order valence-electron chi connectivity index (χ2n) is 7.29. The van der Waals surface area contributed by atoms with Crippen molar-refractivity contribution in [2.24, 2.45) is 0 Å². The Hall–Kier alpha value is -2.34. The number of benzene rings is 1. The number of hydrogen-bond donors (Lipinski definition) is 0. The van der Waals surface area contributed by atoms with E-state index in [1.807, 2.05) is 37.6 Å². The van der Waals surface area contributed by atoms with Crippen molar-refractivity contribution in [3.05, 3.63) is 48.0 Å². The summed E-state index contributed by atoms with van der Waals surface area (Å²) >= 11 is 0. The van der Waals surface area contributed by atoms with Crippen LogP contribution in [0.25, 0.3) is 5.69 Å². The van der Waals surface area contributed by atoms with Crippen LogP contribution in [-0.4, -0.2) is 46.3 Å². The van der Waals surface area contributed by atoms with Gasteiger partial charge >= 0.3 is 6.09 Å². The summed E-state index contributed by atoms with van der Waals surface area (Å²) in [7, 11) is 1.74. The SMILES string of the molecule is CN(C[C@@H]1OCCc2c1cccc2-n1ccnc1)C(=O)OC(C)(C)C. The molecule has 0 saturated carbocycles. The number of imidazole rings is 1. The number of aromatic nitrogens is 2. The number of rotatable bonds is 3. The fourth-order valence-corrected chi connectivity index (χ4v) is 3.02.